The van der Waals surface area contributed by atoms with Crippen molar-refractivity contribution < 1.29 is 10.2 Å². The largest absolute Gasteiger partial charge is 0.385 e. The zero-order chi connectivity index (χ0) is 14.9. The maximum Gasteiger partial charge on any atom is 0.117 e. The molecule has 3 aromatic carbocycles. The van der Waals surface area contributed by atoms with Crippen LogP contribution in [-0.4, -0.2) is 10.2 Å². The minimum Gasteiger partial charge on any atom is -0.385 e. The predicted molar refractivity (Wildman–Crippen MR) is 84.9 cm³/mol. The Balaban J connectivity index is 2.12. The first-order valence-corrected chi connectivity index (χ1v) is 7.04. The summed E-state index contributed by atoms with van der Waals surface area (Å²) in [5, 5.41) is 23.6. The van der Waals surface area contributed by atoms with Crippen molar-refractivity contribution in [1.29, 1.82) is 0 Å². The molecule has 21 heavy (non-hydrogen) atoms. The van der Waals surface area contributed by atoms with Crippen LogP contribution in [0.15, 0.2) is 72.8 Å². The van der Waals surface area contributed by atoms with Gasteiger partial charge in [0.1, 0.15) is 11.7 Å². The Labute approximate surface area is 124 Å². The number of hydrogen-bond acceptors (Lipinski definition) is 2. The molecule has 0 aliphatic rings. The summed E-state index contributed by atoms with van der Waals surface area (Å²) in [5.74, 6) is 0. The molecule has 0 radical (unpaired) electrons. The van der Waals surface area contributed by atoms with Gasteiger partial charge in [-0.05, 0) is 28.8 Å². The molecule has 2 N–H and O–H groups in total. The molecule has 2 nitrogen and oxygen atoms in total. The zero-order valence-electron chi connectivity index (χ0n) is 11.9. The van der Waals surface area contributed by atoms with E-state index in [1.165, 1.54) is 0 Å². The first-order valence-electron chi connectivity index (χ1n) is 7.04. The van der Waals surface area contributed by atoms with E-state index in [0.29, 0.717) is 5.56 Å². The lowest BCUT2D eigenvalue weighted by molar-refractivity contribution is -0.0680. The van der Waals surface area contributed by atoms with Crippen molar-refractivity contribution in [2.75, 3.05) is 0 Å². The predicted octanol–water partition coefficient (Wildman–Crippen LogP) is 3.78. The lowest BCUT2D eigenvalue weighted by Gasteiger charge is -2.31. The van der Waals surface area contributed by atoms with Crippen LogP contribution in [0.4, 0.5) is 0 Å². The third kappa shape index (κ3) is 2.44. The molecule has 106 valence electrons. The first-order chi connectivity index (χ1) is 10.1. The second kappa shape index (κ2) is 5.32. The first kappa shape index (κ1) is 13.8. The SMILES string of the molecule is C[C@](O)(c1cccc2ccccc12)[C@@H](O)c1ccccc1. The molecule has 0 saturated carbocycles. The van der Waals surface area contributed by atoms with Crippen LogP contribution in [0.25, 0.3) is 10.8 Å². The van der Waals surface area contributed by atoms with Gasteiger partial charge in [-0.3, -0.25) is 0 Å². The summed E-state index contributed by atoms with van der Waals surface area (Å²) in [6, 6.07) is 22.9. The van der Waals surface area contributed by atoms with E-state index in [4.69, 9.17) is 0 Å². The van der Waals surface area contributed by atoms with Gasteiger partial charge in [0, 0.05) is 0 Å². The Kier molecular flexibility index (Phi) is 3.50. The Morgan fingerprint density at radius 2 is 1.43 bits per heavy atom. The van der Waals surface area contributed by atoms with Crippen molar-refractivity contribution in [2.24, 2.45) is 0 Å². The van der Waals surface area contributed by atoms with E-state index in [-0.39, 0.29) is 0 Å². The number of aliphatic hydroxyl groups is 2. The van der Waals surface area contributed by atoms with Crippen molar-refractivity contribution in [3.63, 3.8) is 0 Å². The van der Waals surface area contributed by atoms with E-state index >= 15 is 0 Å². The summed E-state index contributed by atoms with van der Waals surface area (Å²) >= 11 is 0. The lowest BCUT2D eigenvalue weighted by Crippen LogP contribution is -2.30. The summed E-state index contributed by atoms with van der Waals surface area (Å²) in [6.07, 6.45) is -0.982. The molecule has 0 aliphatic carbocycles. The number of rotatable bonds is 3. The highest BCUT2D eigenvalue weighted by Gasteiger charge is 2.34. The zero-order valence-corrected chi connectivity index (χ0v) is 11.9. The number of fused-ring (bicyclic) bond motifs is 1. The molecule has 3 rings (SSSR count). The van der Waals surface area contributed by atoms with E-state index in [1.807, 2.05) is 72.8 Å². The Morgan fingerprint density at radius 1 is 0.810 bits per heavy atom. The van der Waals surface area contributed by atoms with E-state index in [1.54, 1.807) is 6.92 Å². The quantitative estimate of drug-likeness (QED) is 0.765. The number of benzene rings is 3. The molecule has 0 aliphatic heterocycles. The van der Waals surface area contributed by atoms with Gasteiger partial charge < -0.3 is 10.2 Å². The summed E-state index contributed by atoms with van der Waals surface area (Å²) in [4.78, 5) is 0. The van der Waals surface area contributed by atoms with Gasteiger partial charge in [-0.15, -0.1) is 0 Å². The van der Waals surface area contributed by atoms with Crippen LogP contribution in [0, 0.1) is 0 Å². The van der Waals surface area contributed by atoms with Gasteiger partial charge in [-0.2, -0.15) is 0 Å². The Hall–Kier alpha value is -2.16. The van der Waals surface area contributed by atoms with Gasteiger partial charge in [0.05, 0.1) is 0 Å². The fourth-order valence-corrected chi connectivity index (χ4v) is 2.77. The normalized spacial score (nSPS) is 15.6. The van der Waals surface area contributed by atoms with Crippen molar-refractivity contribution in [3.8, 4) is 0 Å². The van der Waals surface area contributed by atoms with E-state index in [0.717, 1.165) is 16.3 Å². The molecule has 0 amide bonds. The smallest absolute Gasteiger partial charge is 0.117 e. The topological polar surface area (TPSA) is 40.5 Å². The molecular weight excluding hydrogens is 260 g/mol. The van der Waals surface area contributed by atoms with E-state index in [2.05, 4.69) is 0 Å². The molecule has 0 aromatic heterocycles. The highest BCUT2D eigenvalue weighted by atomic mass is 16.3. The van der Waals surface area contributed by atoms with E-state index in [9.17, 15) is 10.2 Å². The van der Waals surface area contributed by atoms with Crippen LogP contribution in [-0.2, 0) is 5.60 Å². The minimum atomic E-state index is -1.36. The van der Waals surface area contributed by atoms with Crippen molar-refractivity contribution in [1.82, 2.24) is 0 Å². The second-order valence-electron chi connectivity index (χ2n) is 5.49. The van der Waals surface area contributed by atoms with Crippen molar-refractivity contribution in [3.05, 3.63) is 83.9 Å². The number of hydrogen-bond donors (Lipinski definition) is 2. The molecule has 0 unspecified atom stereocenters. The van der Waals surface area contributed by atoms with Gasteiger partial charge in [0.15, 0.2) is 0 Å². The molecule has 0 spiro atoms. The maximum absolute atomic E-state index is 11.0. The third-order valence-corrected chi connectivity index (χ3v) is 3.98. The molecule has 0 fully saturated rings. The third-order valence-electron chi connectivity index (χ3n) is 3.98. The summed E-state index contributed by atoms with van der Waals surface area (Å²) in [5.41, 5.74) is 0.0785. The average molecular weight is 278 g/mol. The van der Waals surface area contributed by atoms with Crippen LogP contribution in [0.1, 0.15) is 24.2 Å². The molecular formula is C19H18O2. The standard InChI is InChI=1S/C19H18O2/c1-19(21,18(20)15-9-3-2-4-10-15)17-13-7-11-14-8-5-6-12-16(14)17/h2-13,18,20-21H,1H3/t18-,19-/m0/s1. The summed E-state index contributed by atoms with van der Waals surface area (Å²) < 4.78 is 0. The molecule has 3 aromatic rings. The highest BCUT2D eigenvalue weighted by molar-refractivity contribution is 5.86. The molecule has 0 heterocycles. The van der Waals surface area contributed by atoms with Gasteiger partial charge in [0.25, 0.3) is 0 Å². The van der Waals surface area contributed by atoms with Crippen molar-refractivity contribution >= 4 is 10.8 Å². The Bertz CT molecular complexity index is 742. The highest BCUT2D eigenvalue weighted by Crippen LogP contribution is 2.38. The maximum atomic E-state index is 11.0. The summed E-state index contributed by atoms with van der Waals surface area (Å²) in [7, 11) is 0. The van der Waals surface area contributed by atoms with Crippen LogP contribution < -0.4 is 0 Å². The van der Waals surface area contributed by atoms with E-state index < -0.39 is 11.7 Å². The van der Waals surface area contributed by atoms with Gasteiger partial charge in [-0.25, -0.2) is 0 Å². The Morgan fingerprint density at radius 3 is 2.19 bits per heavy atom. The lowest BCUT2D eigenvalue weighted by atomic mass is 9.83. The van der Waals surface area contributed by atoms with Crippen LogP contribution >= 0.6 is 0 Å². The number of aliphatic hydroxyl groups excluding tert-OH is 1. The van der Waals surface area contributed by atoms with Crippen LogP contribution in [0.5, 0.6) is 0 Å². The molecule has 0 bridgehead atoms. The molecule has 2 atom stereocenters. The molecule has 2 heteroatoms. The minimum absolute atomic E-state index is 0.704. The molecule has 0 saturated heterocycles. The van der Waals surface area contributed by atoms with Crippen LogP contribution in [0.2, 0.25) is 0 Å². The monoisotopic (exact) mass is 278 g/mol. The van der Waals surface area contributed by atoms with Crippen LogP contribution in [0.3, 0.4) is 0 Å². The van der Waals surface area contributed by atoms with Crippen molar-refractivity contribution in [2.45, 2.75) is 18.6 Å². The van der Waals surface area contributed by atoms with Gasteiger partial charge >= 0.3 is 0 Å². The average Bonchev–Trinajstić information content (AvgIpc) is 2.54. The van der Waals surface area contributed by atoms with Gasteiger partial charge in [-0.1, -0.05) is 72.8 Å². The van der Waals surface area contributed by atoms with Gasteiger partial charge in [0.2, 0.25) is 0 Å². The second-order valence-corrected chi connectivity index (χ2v) is 5.49. The summed E-state index contributed by atoms with van der Waals surface area (Å²) in [6.45, 7) is 1.66. The fourth-order valence-electron chi connectivity index (χ4n) is 2.77. The fraction of sp³-hybridized carbons (Fsp3) is 0.158.